The Hall–Kier alpha value is -0.940. The number of piperidine rings is 1. The number of aromatic nitrogens is 2. The summed E-state index contributed by atoms with van der Waals surface area (Å²) in [6, 6.07) is 0.322. The molecule has 2 atom stereocenters. The zero-order chi connectivity index (χ0) is 13.0. The molecule has 1 aliphatic rings. The molecule has 5 heteroatoms. The minimum Gasteiger partial charge on any atom is -0.426 e. The molecule has 1 aromatic rings. The van der Waals surface area contributed by atoms with Gasteiger partial charge in [0.1, 0.15) is 0 Å². The zero-order valence-corrected chi connectivity index (χ0v) is 11.3. The summed E-state index contributed by atoms with van der Waals surface area (Å²) in [6.45, 7) is 5.80. The summed E-state index contributed by atoms with van der Waals surface area (Å²) in [4.78, 5) is 2.40. The monoisotopic (exact) mass is 253 g/mol. The Kier molecular flexibility index (Phi) is 4.72. The second kappa shape index (κ2) is 6.29. The predicted octanol–water partition coefficient (Wildman–Crippen LogP) is 1.55. The average Bonchev–Trinajstić information content (AvgIpc) is 2.75. The first kappa shape index (κ1) is 13.5. The lowest BCUT2D eigenvalue weighted by molar-refractivity contribution is 0.0357. The van der Waals surface area contributed by atoms with E-state index < -0.39 is 0 Å². The Morgan fingerprint density at radius 1 is 1.44 bits per heavy atom. The normalized spacial score (nSPS) is 23.2. The van der Waals surface area contributed by atoms with Gasteiger partial charge in [0.25, 0.3) is 0 Å². The third-order valence-corrected chi connectivity index (χ3v) is 3.62. The molecule has 5 nitrogen and oxygen atoms in total. The van der Waals surface area contributed by atoms with Crippen LogP contribution in [0.2, 0.25) is 0 Å². The van der Waals surface area contributed by atoms with Crippen molar-refractivity contribution in [2.45, 2.75) is 58.1 Å². The number of hydrogen-bond donors (Lipinski definition) is 1. The lowest BCUT2D eigenvalue weighted by Crippen LogP contribution is -2.46. The number of rotatable bonds is 5. The van der Waals surface area contributed by atoms with Gasteiger partial charge in [-0.25, -0.2) is 0 Å². The summed E-state index contributed by atoms with van der Waals surface area (Å²) in [5.74, 6) is 1.35. The quantitative estimate of drug-likeness (QED) is 0.862. The van der Waals surface area contributed by atoms with Crippen molar-refractivity contribution in [3.8, 4) is 0 Å². The molecule has 102 valence electrons. The highest BCUT2D eigenvalue weighted by atomic mass is 16.4. The van der Waals surface area contributed by atoms with Gasteiger partial charge in [0.15, 0.2) is 0 Å². The van der Waals surface area contributed by atoms with E-state index in [2.05, 4.69) is 15.1 Å². The van der Waals surface area contributed by atoms with E-state index in [-0.39, 0.29) is 6.10 Å². The van der Waals surface area contributed by atoms with E-state index in [1.807, 2.05) is 13.8 Å². The molecule has 1 N–H and O–H groups in total. The summed E-state index contributed by atoms with van der Waals surface area (Å²) in [7, 11) is 0. The number of aryl methyl sites for hydroxylation is 2. The SMILES string of the molecule is Cc1nnc(CCCN2CCCCC2C(C)O)o1. The van der Waals surface area contributed by atoms with Crippen LogP contribution >= 0.6 is 0 Å². The molecule has 18 heavy (non-hydrogen) atoms. The lowest BCUT2D eigenvalue weighted by atomic mass is 9.98. The van der Waals surface area contributed by atoms with Crippen molar-refractivity contribution in [2.75, 3.05) is 13.1 Å². The molecule has 1 aromatic heterocycles. The number of aliphatic hydroxyl groups is 1. The van der Waals surface area contributed by atoms with Gasteiger partial charge < -0.3 is 9.52 Å². The highest BCUT2D eigenvalue weighted by Crippen LogP contribution is 2.20. The molecule has 1 saturated heterocycles. The molecular weight excluding hydrogens is 230 g/mol. The maximum atomic E-state index is 9.78. The maximum Gasteiger partial charge on any atom is 0.216 e. The Morgan fingerprint density at radius 3 is 2.94 bits per heavy atom. The first-order valence-electron chi connectivity index (χ1n) is 6.88. The van der Waals surface area contributed by atoms with Gasteiger partial charge in [-0.15, -0.1) is 10.2 Å². The molecule has 0 bridgehead atoms. The molecular formula is C13H23N3O2. The minimum atomic E-state index is -0.240. The zero-order valence-electron chi connectivity index (χ0n) is 11.3. The summed E-state index contributed by atoms with van der Waals surface area (Å²) in [5.41, 5.74) is 0. The fraction of sp³-hybridized carbons (Fsp3) is 0.846. The molecule has 2 unspecified atom stereocenters. The topological polar surface area (TPSA) is 62.4 Å². The minimum absolute atomic E-state index is 0.240. The molecule has 0 amide bonds. The predicted molar refractivity (Wildman–Crippen MR) is 68.2 cm³/mol. The van der Waals surface area contributed by atoms with Gasteiger partial charge in [0, 0.05) is 19.4 Å². The smallest absolute Gasteiger partial charge is 0.216 e. The van der Waals surface area contributed by atoms with Gasteiger partial charge in [-0.3, -0.25) is 4.90 Å². The van der Waals surface area contributed by atoms with Gasteiger partial charge in [-0.1, -0.05) is 6.42 Å². The Morgan fingerprint density at radius 2 is 2.28 bits per heavy atom. The van der Waals surface area contributed by atoms with Crippen LogP contribution in [0.15, 0.2) is 4.42 Å². The molecule has 2 heterocycles. The van der Waals surface area contributed by atoms with E-state index >= 15 is 0 Å². The molecule has 0 aromatic carbocycles. The third-order valence-electron chi connectivity index (χ3n) is 3.62. The van der Waals surface area contributed by atoms with E-state index in [9.17, 15) is 5.11 Å². The Bertz CT molecular complexity index is 365. The number of likely N-dealkylation sites (tertiary alicyclic amines) is 1. The first-order chi connectivity index (χ1) is 8.66. The van der Waals surface area contributed by atoms with Crippen molar-refractivity contribution in [1.29, 1.82) is 0 Å². The van der Waals surface area contributed by atoms with Crippen molar-refractivity contribution in [3.63, 3.8) is 0 Å². The molecule has 2 rings (SSSR count). The molecule has 0 spiro atoms. The molecule has 0 radical (unpaired) electrons. The van der Waals surface area contributed by atoms with Crippen LogP contribution in [-0.2, 0) is 6.42 Å². The average molecular weight is 253 g/mol. The highest BCUT2D eigenvalue weighted by Gasteiger charge is 2.25. The van der Waals surface area contributed by atoms with Gasteiger partial charge >= 0.3 is 0 Å². The van der Waals surface area contributed by atoms with Crippen LogP contribution in [0.25, 0.3) is 0 Å². The fourth-order valence-electron chi connectivity index (χ4n) is 2.71. The highest BCUT2D eigenvalue weighted by molar-refractivity contribution is 4.83. The summed E-state index contributed by atoms with van der Waals surface area (Å²) >= 11 is 0. The summed E-state index contributed by atoms with van der Waals surface area (Å²) < 4.78 is 5.36. The van der Waals surface area contributed by atoms with Crippen molar-refractivity contribution in [3.05, 3.63) is 11.8 Å². The fourth-order valence-corrected chi connectivity index (χ4v) is 2.71. The number of nitrogens with zero attached hydrogens (tertiary/aromatic N) is 3. The molecule has 1 aliphatic heterocycles. The standard InChI is InChI=1S/C13H23N3O2/c1-10(17)12-6-3-4-8-16(12)9-5-7-13-15-14-11(2)18-13/h10,12,17H,3-9H2,1-2H3. The second-order valence-corrected chi connectivity index (χ2v) is 5.16. The van der Waals surface area contributed by atoms with Crippen molar-refractivity contribution in [2.24, 2.45) is 0 Å². The largest absolute Gasteiger partial charge is 0.426 e. The van der Waals surface area contributed by atoms with Gasteiger partial charge in [-0.2, -0.15) is 0 Å². The second-order valence-electron chi connectivity index (χ2n) is 5.16. The summed E-state index contributed by atoms with van der Waals surface area (Å²) in [5, 5.41) is 17.6. The summed E-state index contributed by atoms with van der Waals surface area (Å²) in [6.07, 6.45) is 5.17. The van der Waals surface area contributed by atoms with Crippen LogP contribution in [0, 0.1) is 6.92 Å². The van der Waals surface area contributed by atoms with Gasteiger partial charge in [0.2, 0.25) is 11.8 Å². The Labute approximate surface area is 108 Å². The molecule has 0 aliphatic carbocycles. The van der Waals surface area contributed by atoms with Crippen LogP contribution in [-0.4, -0.2) is 45.4 Å². The van der Waals surface area contributed by atoms with E-state index in [4.69, 9.17) is 4.42 Å². The van der Waals surface area contributed by atoms with Crippen LogP contribution in [0.5, 0.6) is 0 Å². The van der Waals surface area contributed by atoms with E-state index in [1.54, 1.807) is 0 Å². The van der Waals surface area contributed by atoms with Crippen molar-refractivity contribution < 1.29 is 9.52 Å². The molecule has 0 saturated carbocycles. The van der Waals surface area contributed by atoms with Crippen LogP contribution in [0.4, 0.5) is 0 Å². The lowest BCUT2D eigenvalue weighted by Gasteiger charge is -2.37. The van der Waals surface area contributed by atoms with E-state index in [0.29, 0.717) is 11.9 Å². The first-order valence-corrected chi connectivity index (χ1v) is 6.88. The van der Waals surface area contributed by atoms with Crippen LogP contribution < -0.4 is 0 Å². The molecule has 1 fully saturated rings. The van der Waals surface area contributed by atoms with Crippen LogP contribution in [0.1, 0.15) is 44.4 Å². The third kappa shape index (κ3) is 3.53. The maximum absolute atomic E-state index is 9.78. The van der Waals surface area contributed by atoms with E-state index in [0.717, 1.165) is 38.2 Å². The van der Waals surface area contributed by atoms with Gasteiger partial charge in [-0.05, 0) is 39.3 Å². The van der Waals surface area contributed by atoms with Crippen LogP contribution in [0.3, 0.4) is 0 Å². The Balaban J connectivity index is 1.77. The number of aliphatic hydroxyl groups excluding tert-OH is 1. The number of hydrogen-bond acceptors (Lipinski definition) is 5. The van der Waals surface area contributed by atoms with E-state index in [1.165, 1.54) is 12.8 Å². The van der Waals surface area contributed by atoms with Gasteiger partial charge in [0.05, 0.1) is 6.10 Å². The van der Waals surface area contributed by atoms with Crippen molar-refractivity contribution >= 4 is 0 Å². The van der Waals surface area contributed by atoms with Crippen molar-refractivity contribution in [1.82, 2.24) is 15.1 Å².